The first-order valence-electron chi connectivity index (χ1n) is 8.54. The number of halogens is 1. The number of amides is 2. The van der Waals surface area contributed by atoms with Crippen LogP contribution in [0.1, 0.15) is 38.5 Å². The summed E-state index contributed by atoms with van der Waals surface area (Å²) >= 11 is 6.71. The van der Waals surface area contributed by atoms with Crippen molar-refractivity contribution in [2.75, 3.05) is 27.2 Å². The van der Waals surface area contributed by atoms with E-state index in [1.54, 1.807) is 14.1 Å². The minimum Gasteiger partial charge on any atom is -0.455 e. The number of hydrogen-bond acceptors (Lipinski definition) is 4. The lowest BCUT2D eigenvalue weighted by molar-refractivity contribution is -0.171. The number of nitrogens with one attached hydrogen (secondary N) is 1. The molecule has 7 heteroatoms. The Morgan fingerprint density at radius 1 is 1.17 bits per heavy atom. The Bertz CT molecular complexity index is 549. The third-order valence-electron chi connectivity index (χ3n) is 5.69. The van der Waals surface area contributed by atoms with Gasteiger partial charge in [-0.1, -0.05) is 0 Å². The molecule has 0 radical (unpaired) electrons. The summed E-state index contributed by atoms with van der Waals surface area (Å²) in [6.45, 7) is -0.435. The highest BCUT2D eigenvalue weighted by Gasteiger charge is 2.60. The van der Waals surface area contributed by atoms with Gasteiger partial charge in [-0.05, 0) is 50.4 Å². The van der Waals surface area contributed by atoms with Crippen LogP contribution in [0.25, 0.3) is 0 Å². The zero-order chi connectivity index (χ0) is 17.5. The molecule has 4 aliphatic carbocycles. The van der Waals surface area contributed by atoms with Gasteiger partial charge in [0, 0.05) is 19.0 Å². The molecule has 2 unspecified atom stereocenters. The van der Waals surface area contributed by atoms with Gasteiger partial charge in [0.2, 0.25) is 5.91 Å². The molecule has 4 fully saturated rings. The van der Waals surface area contributed by atoms with Gasteiger partial charge in [-0.25, -0.2) is 0 Å². The fourth-order valence-electron chi connectivity index (χ4n) is 5.06. The Hall–Kier alpha value is -1.30. The smallest absolute Gasteiger partial charge is 0.312 e. The maximum atomic E-state index is 12.7. The average Bonchev–Trinajstić information content (AvgIpc) is 2.47. The van der Waals surface area contributed by atoms with Crippen LogP contribution >= 0.6 is 11.6 Å². The number of nitrogens with zero attached hydrogens (tertiary/aromatic N) is 1. The number of likely N-dealkylation sites (N-methyl/N-ethyl adjacent to an activating group) is 1. The summed E-state index contributed by atoms with van der Waals surface area (Å²) in [6, 6.07) is 0. The van der Waals surface area contributed by atoms with Crippen LogP contribution in [-0.4, -0.2) is 54.8 Å². The van der Waals surface area contributed by atoms with Crippen LogP contribution in [0.15, 0.2) is 0 Å². The third-order valence-corrected chi connectivity index (χ3v) is 6.13. The largest absolute Gasteiger partial charge is 0.455 e. The summed E-state index contributed by atoms with van der Waals surface area (Å²) in [5, 5.41) is 2.47. The summed E-state index contributed by atoms with van der Waals surface area (Å²) in [5.74, 6) is 0.0464. The lowest BCUT2D eigenvalue weighted by Gasteiger charge is -2.58. The lowest BCUT2D eigenvalue weighted by atomic mass is 9.49. The normalized spacial score (nSPS) is 36.3. The van der Waals surface area contributed by atoms with Crippen molar-refractivity contribution in [1.82, 2.24) is 10.2 Å². The maximum absolute atomic E-state index is 12.7. The van der Waals surface area contributed by atoms with Crippen molar-refractivity contribution in [1.29, 1.82) is 0 Å². The summed E-state index contributed by atoms with van der Waals surface area (Å²) in [5.41, 5.74) is -0.508. The second-order valence-corrected chi connectivity index (χ2v) is 8.84. The van der Waals surface area contributed by atoms with E-state index in [2.05, 4.69) is 5.32 Å². The van der Waals surface area contributed by atoms with Gasteiger partial charge in [-0.3, -0.25) is 14.4 Å². The standard InChI is InChI=1S/C17H25ClN2O4/c1-20(2)14(22)8-19-13(21)9-24-15(23)16-4-11-3-12(5-16)7-17(18,6-11)10-16/h11-12H,3-10H2,1-2H3,(H,19,21)/t11-,12+,16?,17?. The number of carbonyl (C=O) groups excluding carboxylic acids is 3. The summed E-state index contributed by atoms with van der Waals surface area (Å²) in [4.78, 5) is 37.0. The van der Waals surface area contributed by atoms with E-state index in [0.717, 1.165) is 32.1 Å². The van der Waals surface area contributed by atoms with Gasteiger partial charge >= 0.3 is 5.97 Å². The number of esters is 1. The van der Waals surface area contributed by atoms with E-state index in [-0.39, 0.29) is 29.9 Å². The number of ether oxygens (including phenoxy) is 1. The quantitative estimate of drug-likeness (QED) is 0.595. The van der Waals surface area contributed by atoms with Gasteiger partial charge in [-0.2, -0.15) is 0 Å². The van der Waals surface area contributed by atoms with Crippen LogP contribution in [0.5, 0.6) is 0 Å². The van der Waals surface area contributed by atoms with E-state index >= 15 is 0 Å². The van der Waals surface area contributed by atoms with Crippen LogP contribution in [0.4, 0.5) is 0 Å². The molecule has 4 bridgehead atoms. The molecule has 4 saturated carbocycles. The third kappa shape index (κ3) is 3.39. The summed E-state index contributed by atoms with van der Waals surface area (Å²) < 4.78 is 5.29. The molecule has 0 spiro atoms. The van der Waals surface area contributed by atoms with E-state index in [1.165, 1.54) is 4.90 Å². The Balaban J connectivity index is 1.52. The molecule has 6 nitrogen and oxygen atoms in total. The van der Waals surface area contributed by atoms with Crippen LogP contribution in [0.2, 0.25) is 0 Å². The van der Waals surface area contributed by atoms with Gasteiger partial charge in [0.25, 0.3) is 5.91 Å². The molecule has 24 heavy (non-hydrogen) atoms. The molecule has 4 aliphatic rings. The zero-order valence-corrected chi connectivity index (χ0v) is 15.0. The second kappa shape index (κ2) is 6.21. The molecule has 0 heterocycles. The molecule has 4 atom stereocenters. The molecule has 1 N–H and O–H groups in total. The first-order chi connectivity index (χ1) is 11.2. The molecular formula is C17H25ClN2O4. The highest BCUT2D eigenvalue weighted by Crippen LogP contribution is 2.64. The number of hydrogen-bond donors (Lipinski definition) is 1. The molecule has 134 valence electrons. The minimum atomic E-state index is -0.508. The van der Waals surface area contributed by atoms with E-state index in [4.69, 9.17) is 16.3 Å². The molecule has 0 aromatic carbocycles. The topological polar surface area (TPSA) is 75.7 Å². The fourth-order valence-corrected chi connectivity index (χ4v) is 5.75. The minimum absolute atomic E-state index is 0.0938. The molecule has 0 aromatic rings. The van der Waals surface area contributed by atoms with Crippen LogP contribution in [-0.2, 0) is 19.1 Å². The molecule has 2 amide bonds. The van der Waals surface area contributed by atoms with Gasteiger partial charge in [0.15, 0.2) is 6.61 Å². The average molecular weight is 357 g/mol. The fraction of sp³-hybridized carbons (Fsp3) is 0.824. The van der Waals surface area contributed by atoms with E-state index in [0.29, 0.717) is 18.3 Å². The van der Waals surface area contributed by atoms with Crippen LogP contribution in [0, 0.1) is 17.3 Å². The predicted octanol–water partition coefficient (Wildman–Crippen LogP) is 1.31. The molecule has 0 aliphatic heterocycles. The SMILES string of the molecule is CN(C)C(=O)CNC(=O)COC(=O)C12C[C@@H]3C[C@@H](CC(Cl)(C3)C1)C2. The Labute approximate surface area is 147 Å². The van der Waals surface area contributed by atoms with E-state index in [1.807, 2.05) is 0 Å². The van der Waals surface area contributed by atoms with Crippen molar-refractivity contribution in [2.45, 2.75) is 43.4 Å². The number of rotatable bonds is 5. The number of alkyl halides is 1. The number of carbonyl (C=O) groups is 3. The van der Waals surface area contributed by atoms with Crippen molar-refractivity contribution >= 4 is 29.4 Å². The predicted molar refractivity (Wildman–Crippen MR) is 88.4 cm³/mol. The highest BCUT2D eigenvalue weighted by molar-refractivity contribution is 6.24. The monoisotopic (exact) mass is 356 g/mol. The van der Waals surface area contributed by atoms with Crippen molar-refractivity contribution in [3.8, 4) is 0 Å². The maximum Gasteiger partial charge on any atom is 0.312 e. The van der Waals surface area contributed by atoms with Gasteiger partial charge in [0.05, 0.1) is 12.0 Å². The van der Waals surface area contributed by atoms with Crippen LogP contribution < -0.4 is 5.32 Å². The Kier molecular flexibility index (Phi) is 4.53. The summed E-state index contributed by atoms with van der Waals surface area (Å²) in [6.07, 6.45) is 5.47. The molecule has 0 saturated heterocycles. The Morgan fingerprint density at radius 2 is 1.79 bits per heavy atom. The van der Waals surface area contributed by atoms with Gasteiger partial charge < -0.3 is 15.0 Å². The zero-order valence-electron chi connectivity index (χ0n) is 14.3. The highest BCUT2D eigenvalue weighted by atomic mass is 35.5. The van der Waals surface area contributed by atoms with Gasteiger partial charge in [0.1, 0.15) is 0 Å². The molecule has 0 aromatic heterocycles. The van der Waals surface area contributed by atoms with Crippen molar-refractivity contribution < 1.29 is 19.1 Å². The first-order valence-corrected chi connectivity index (χ1v) is 8.92. The van der Waals surface area contributed by atoms with Crippen molar-refractivity contribution in [3.05, 3.63) is 0 Å². The molecular weight excluding hydrogens is 332 g/mol. The first kappa shape index (κ1) is 17.5. The Morgan fingerprint density at radius 3 is 2.33 bits per heavy atom. The van der Waals surface area contributed by atoms with Crippen molar-refractivity contribution in [3.63, 3.8) is 0 Å². The van der Waals surface area contributed by atoms with Gasteiger partial charge in [-0.15, -0.1) is 11.6 Å². The van der Waals surface area contributed by atoms with E-state index < -0.39 is 11.3 Å². The van der Waals surface area contributed by atoms with Crippen molar-refractivity contribution in [2.24, 2.45) is 17.3 Å². The summed E-state index contributed by atoms with van der Waals surface area (Å²) in [7, 11) is 3.23. The van der Waals surface area contributed by atoms with E-state index in [9.17, 15) is 14.4 Å². The molecule has 4 rings (SSSR count). The van der Waals surface area contributed by atoms with Crippen LogP contribution in [0.3, 0.4) is 0 Å². The lowest BCUT2D eigenvalue weighted by Crippen LogP contribution is -2.56. The second-order valence-electron chi connectivity index (χ2n) is 8.03.